The monoisotopic (exact) mass is 400 g/mol. The molecule has 0 amide bonds. The van der Waals surface area contributed by atoms with Gasteiger partial charge < -0.3 is 20.1 Å². The molecule has 2 aromatic rings. The maximum absolute atomic E-state index is 12.5. The molecule has 0 unspecified atom stereocenters. The van der Waals surface area contributed by atoms with Crippen molar-refractivity contribution in [3.63, 3.8) is 0 Å². The number of carbonyl (C=O) groups is 1. The molecule has 5 heteroatoms. The van der Waals surface area contributed by atoms with E-state index in [0.29, 0.717) is 12.2 Å². The molecule has 3 N–H and O–H groups in total. The van der Waals surface area contributed by atoms with Gasteiger partial charge in [0.15, 0.2) is 17.3 Å². The SMILES string of the molecule is CCCCCCCCCCCOc1c(O)cc(C(=O)c2ccccc2)c(O)c1O. The van der Waals surface area contributed by atoms with Gasteiger partial charge in [0, 0.05) is 5.56 Å². The lowest BCUT2D eigenvalue weighted by molar-refractivity contribution is 0.103. The summed E-state index contributed by atoms with van der Waals surface area (Å²) in [5.74, 6) is -2.24. The van der Waals surface area contributed by atoms with Crippen LogP contribution in [-0.2, 0) is 0 Å². The Morgan fingerprint density at radius 2 is 1.41 bits per heavy atom. The summed E-state index contributed by atoms with van der Waals surface area (Å²) in [7, 11) is 0. The number of aromatic hydroxyl groups is 3. The minimum atomic E-state index is -0.611. The molecule has 0 spiro atoms. The number of hydrogen-bond acceptors (Lipinski definition) is 5. The molecule has 158 valence electrons. The zero-order chi connectivity index (χ0) is 21.1. The summed E-state index contributed by atoms with van der Waals surface area (Å²) in [6.07, 6.45) is 10.6. The predicted octanol–water partition coefficient (Wildman–Crippen LogP) is 5.94. The van der Waals surface area contributed by atoms with E-state index in [1.807, 2.05) is 0 Å². The van der Waals surface area contributed by atoms with Gasteiger partial charge in [-0.3, -0.25) is 4.79 Å². The number of phenolic OH excluding ortho intramolecular Hbond substituents is 3. The molecule has 0 fully saturated rings. The molecule has 0 saturated heterocycles. The standard InChI is InChI=1S/C24H32O5/c1-2-3-4-5-6-7-8-9-13-16-29-24-20(25)17-19(22(27)23(24)28)21(26)18-14-11-10-12-15-18/h10-12,14-15,17,25,27-28H,2-9,13,16H2,1H3. The van der Waals surface area contributed by atoms with Crippen molar-refractivity contribution in [1.82, 2.24) is 0 Å². The largest absolute Gasteiger partial charge is 0.504 e. The van der Waals surface area contributed by atoms with E-state index in [0.717, 1.165) is 25.3 Å². The van der Waals surface area contributed by atoms with Crippen molar-refractivity contribution in [2.45, 2.75) is 64.7 Å². The highest BCUT2D eigenvalue weighted by Gasteiger charge is 2.23. The third-order valence-corrected chi connectivity index (χ3v) is 4.98. The topological polar surface area (TPSA) is 87.0 Å². The number of phenols is 3. The molecule has 0 radical (unpaired) electrons. The first-order valence-electron chi connectivity index (χ1n) is 10.6. The highest BCUT2D eigenvalue weighted by Crippen LogP contribution is 2.45. The maximum Gasteiger partial charge on any atom is 0.207 e. The molecule has 0 saturated carbocycles. The van der Waals surface area contributed by atoms with Gasteiger partial charge in [0.2, 0.25) is 11.5 Å². The van der Waals surface area contributed by atoms with Gasteiger partial charge >= 0.3 is 0 Å². The highest BCUT2D eigenvalue weighted by molar-refractivity contribution is 6.11. The fourth-order valence-corrected chi connectivity index (χ4v) is 3.27. The third-order valence-electron chi connectivity index (χ3n) is 4.98. The van der Waals surface area contributed by atoms with E-state index >= 15 is 0 Å². The average molecular weight is 401 g/mol. The van der Waals surface area contributed by atoms with Gasteiger partial charge in [0.1, 0.15) is 0 Å². The van der Waals surface area contributed by atoms with Gasteiger partial charge in [-0.05, 0) is 12.5 Å². The maximum atomic E-state index is 12.5. The van der Waals surface area contributed by atoms with Gasteiger partial charge in [-0.25, -0.2) is 0 Å². The fourth-order valence-electron chi connectivity index (χ4n) is 3.27. The number of hydrogen-bond donors (Lipinski definition) is 3. The molecule has 5 nitrogen and oxygen atoms in total. The molecule has 0 aliphatic heterocycles. The van der Waals surface area contributed by atoms with Crippen molar-refractivity contribution in [3.05, 3.63) is 47.5 Å². The Kier molecular flexibility index (Phi) is 9.35. The van der Waals surface area contributed by atoms with Crippen LogP contribution in [0, 0.1) is 0 Å². The summed E-state index contributed by atoms with van der Waals surface area (Å²) >= 11 is 0. The summed E-state index contributed by atoms with van der Waals surface area (Å²) in [6.45, 7) is 2.53. The Bertz CT molecular complexity index is 771. The van der Waals surface area contributed by atoms with Gasteiger partial charge in [-0.2, -0.15) is 0 Å². The van der Waals surface area contributed by atoms with Crippen molar-refractivity contribution in [2.75, 3.05) is 6.61 Å². The molecule has 0 aliphatic carbocycles. The molecule has 0 heterocycles. The first kappa shape index (κ1) is 22.6. The van der Waals surface area contributed by atoms with E-state index in [1.54, 1.807) is 30.3 Å². The lowest BCUT2D eigenvalue weighted by Crippen LogP contribution is -2.03. The summed E-state index contributed by atoms with van der Waals surface area (Å²) in [4.78, 5) is 12.5. The first-order chi connectivity index (χ1) is 14.1. The van der Waals surface area contributed by atoms with Gasteiger partial charge in [-0.1, -0.05) is 88.6 Å². The van der Waals surface area contributed by atoms with Crippen molar-refractivity contribution in [3.8, 4) is 23.0 Å². The Labute approximate surface area is 173 Å². The van der Waals surface area contributed by atoms with Crippen LogP contribution >= 0.6 is 0 Å². The minimum Gasteiger partial charge on any atom is -0.504 e. The molecule has 0 atom stereocenters. The smallest absolute Gasteiger partial charge is 0.207 e. The molecule has 0 aromatic heterocycles. The van der Waals surface area contributed by atoms with Gasteiger partial charge in [0.05, 0.1) is 12.2 Å². The van der Waals surface area contributed by atoms with Gasteiger partial charge in [-0.15, -0.1) is 0 Å². The van der Waals surface area contributed by atoms with Crippen LogP contribution in [0.15, 0.2) is 36.4 Å². The van der Waals surface area contributed by atoms with Crippen LogP contribution in [0.1, 0.15) is 80.6 Å². The average Bonchev–Trinajstić information content (AvgIpc) is 2.74. The van der Waals surface area contributed by atoms with Crippen molar-refractivity contribution in [1.29, 1.82) is 0 Å². The summed E-state index contributed by atoms with van der Waals surface area (Å²) in [6, 6.07) is 9.51. The van der Waals surface area contributed by atoms with Crippen LogP contribution in [0.3, 0.4) is 0 Å². The van der Waals surface area contributed by atoms with Crippen molar-refractivity contribution in [2.24, 2.45) is 0 Å². The molecule has 0 bridgehead atoms. The van der Waals surface area contributed by atoms with Crippen LogP contribution in [-0.4, -0.2) is 27.7 Å². The minimum absolute atomic E-state index is 0.165. The lowest BCUT2D eigenvalue weighted by atomic mass is 10.0. The number of ether oxygens (including phenoxy) is 1. The number of rotatable bonds is 13. The normalized spacial score (nSPS) is 10.8. The molecule has 0 aliphatic rings. The second kappa shape index (κ2) is 12.0. The predicted molar refractivity (Wildman–Crippen MR) is 114 cm³/mol. The summed E-state index contributed by atoms with van der Waals surface area (Å²) < 4.78 is 5.48. The van der Waals surface area contributed by atoms with E-state index in [2.05, 4.69) is 6.92 Å². The molecule has 29 heavy (non-hydrogen) atoms. The summed E-state index contributed by atoms with van der Waals surface area (Å²) in [5.41, 5.74) is 0.187. The molecular formula is C24H32O5. The van der Waals surface area contributed by atoms with E-state index in [4.69, 9.17) is 4.74 Å². The number of carbonyl (C=O) groups excluding carboxylic acids is 1. The Morgan fingerprint density at radius 3 is 2.03 bits per heavy atom. The van der Waals surface area contributed by atoms with Crippen molar-refractivity contribution < 1.29 is 24.9 Å². The number of benzene rings is 2. The van der Waals surface area contributed by atoms with E-state index < -0.39 is 17.3 Å². The highest BCUT2D eigenvalue weighted by atomic mass is 16.5. The number of unbranched alkanes of at least 4 members (excludes halogenated alkanes) is 8. The molecule has 2 aromatic carbocycles. The fraction of sp³-hybridized carbons (Fsp3) is 0.458. The van der Waals surface area contributed by atoms with Crippen LogP contribution in [0.25, 0.3) is 0 Å². The third kappa shape index (κ3) is 6.70. The van der Waals surface area contributed by atoms with E-state index in [9.17, 15) is 20.1 Å². The van der Waals surface area contributed by atoms with Crippen LogP contribution in [0.2, 0.25) is 0 Å². The first-order valence-corrected chi connectivity index (χ1v) is 10.6. The Hall–Kier alpha value is -2.69. The summed E-state index contributed by atoms with van der Waals surface area (Å²) in [5, 5.41) is 30.6. The van der Waals surface area contributed by atoms with Crippen LogP contribution in [0.5, 0.6) is 23.0 Å². The molecule has 2 rings (SSSR count). The Balaban J connectivity index is 1.85. The zero-order valence-corrected chi connectivity index (χ0v) is 17.2. The second-order valence-electron chi connectivity index (χ2n) is 7.34. The van der Waals surface area contributed by atoms with E-state index in [-0.39, 0.29) is 17.1 Å². The lowest BCUT2D eigenvalue weighted by Gasteiger charge is -2.13. The van der Waals surface area contributed by atoms with E-state index in [1.165, 1.54) is 38.5 Å². The van der Waals surface area contributed by atoms with Gasteiger partial charge in [0.25, 0.3) is 0 Å². The zero-order valence-electron chi connectivity index (χ0n) is 17.2. The quantitative estimate of drug-likeness (QED) is 0.167. The van der Waals surface area contributed by atoms with Crippen LogP contribution < -0.4 is 4.74 Å². The Morgan fingerprint density at radius 1 is 0.828 bits per heavy atom. The number of ketones is 1. The molecular weight excluding hydrogens is 368 g/mol. The van der Waals surface area contributed by atoms with Crippen LogP contribution in [0.4, 0.5) is 0 Å². The van der Waals surface area contributed by atoms with Crippen molar-refractivity contribution >= 4 is 5.78 Å². The second-order valence-corrected chi connectivity index (χ2v) is 7.34.